The van der Waals surface area contributed by atoms with Gasteiger partial charge in [-0.05, 0) is 0 Å². The first-order chi connectivity index (χ1) is 5.96. The molecule has 0 bridgehead atoms. The number of allylic oxidation sites excluding steroid dienone is 3. The Bertz CT molecular complexity index is 322. The topological polar surface area (TPSA) is 80.4 Å². The second kappa shape index (κ2) is 3.44. The molecule has 5 nitrogen and oxygen atoms in total. The van der Waals surface area contributed by atoms with Crippen molar-refractivity contribution in [2.24, 2.45) is 0 Å². The molecule has 1 N–H and O–H groups in total. The summed E-state index contributed by atoms with van der Waals surface area (Å²) < 4.78 is -1.17. The largest absolute Gasteiger partial charge is 0.480 e. The number of carboxylic acid groups (broad SMARTS) is 1. The van der Waals surface area contributed by atoms with Crippen LogP contribution in [0.15, 0.2) is 23.9 Å². The maximum atomic E-state index is 10.7. The van der Waals surface area contributed by atoms with Gasteiger partial charge in [-0.15, -0.1) is 0 Å². The van der Waals surface area contributed by atoms with Gasteiger partial charge >= 0.3 is 5.97 Å². The molecule has 70 valence electrons. The molecule has 0 radical (unpaired) electrons. The Hall–Kier alpha value is -0.920. The summed E-state index contributed by atoms with van der Waals surface area (Å²) in [6.45, 7) is 0. The number of rotatable bonds is 2. The highest BCUT2D eigenvalue weighted by atomic mass is 127. The molecule has 0 aromatic heterocycles. The summed E-state index contributed by atoms with van der Waals surface area (Å²) in [4.78, 5) is 20.6. The molecule has 1 unspecified atom stereocenters. The number of nitrogens with zero attached hydrogens (tertiary/aromatic N) is 1. The molecule has 0 amide bonds. The molecule has 0 saturated heterocycles. The minimum Gasteiger partial charge on any atom is -0.480 e. The van der Waals surface area contributed by atoms with Crippen LogP contribution in [-0.2, 0) is 4.79 Å². The van der Waals surface area contributed by atoms with E-state index >= 15 is 0 Å². The standard InChI is InChI=1S/C7H6INO4/c8-7(6(10)11)3-1-2-5(4-7)9(12)13/h1-3H,4H2,(H,10,11). The average Bonchev–Trinajstić information content (AvgIpc) is 2.04. The highest BCUT2D eigenvalue weighted by Gasteiger charge is 2.38. The third-order valence-electron chi connectivity index (χ3n) is 1.68. The molecule has 0 aromatic carbocycles. The van der Waals surface area contributed by atoms with Crippen molar-refractivity contribution in [1.29, 1.82) is 0 Å². The molecule has 0 aromatic rings. The van der Waals surface area contributed by atoms with E-state index in [1.165, 1.54) is 18.2 Å². The molecule has 6 heteroatoms. The number of hydrogen-bond acceptors (Lipinski definition) is 3. The van der Waals surface area contributed by atoms with Crippen LogP contribution in [0.3, 0.4) is 0 Å². The lowest BCUT2D eigenvalue weighted by Crippen LogP contribution is -2.32. The Morgan fingerprint density at radius 2 is 2.38 bits per heavy atom. The lowest BCUT2D eigenvalue weighted by atomic mass is 9.99. The van der Waals surface area contributed by atoms with Crippen LogP contribution in [0.2, 0.25) is 0 Å². The number of hydrogen-bond donors (Lipinski definition) is 1. The maximum Gasteiger partial charge on any atom is 0.324 e. The molecule has 0 heterocycles. The van der Waals surface area contributed by atoms with Gasteiger partial charge in [-0.1, -0.05) is 34.7 Å². The van der Waals surface area contributed by atoms with Gasteiger partial charge in [-0.2, -0.15) is 0 Å². The molecule has 1 aliphatic carbocycles. The highest BCUT2D eigenvalue weighted by molar-refractivity contribution is 14.1. The SMILES string of the molecule is O=C(O)C1(I)C=CC=C([N+](=O)[O-])C1. The molecule has 0 saturated carbocycles. The monoisotopic (exact) mass is 295 g/mol. The number of halogens is 1. The van der Waals surface area contributed by atoms with E-state index in [-0.39, 0.29) is 12.1 Å². The number of carbonyl (C=O) groups is 1. The summed E-state index contributed by atoms with van der Waals surface area (Å²) in [7, 11) is 0. The molecule has 0 spiro atoms. The van der Waals surface area contributed by atoms with Gasteiger partial charge in [-0.25, -0.2) is 0 Å². The van der Waals surface area contributed by atoms with Crippen molar-refractivity contribution in [3.8, 4) is 0 Å². The third kappa shape index (κ3) is 2.06. The molecule has 0 fully saturated rings. The van der Waals surface area contributed by atoms with Crippen LogP contribution in [-0.4, -0.2) is 19.4 Å². The Kier molecular flexibility index (Phi) is 2.69. The average molecular weight is 295 g/mol. The summed E-state index contributed by atoms with van der Waals surface area (Å²) >= 11 is 1.70. The zero-order valence-electron chi connectivity index (χ0n) is 6.44. The van der Waals surface area contributed by atoms with Crippen molar-refractivity contribution >= 4 is 28.6 Å². The van der Waals surface area contributed by atoms with E-state index in [0.29, 0.717) is 0 Å². The van der Waals surface area contributed by atoms with Gasteiger partial charge in [0.25, 0.3) is 0 Å². The number of nitro groups is 1. The van der Waals surface area contributed by atoms with Crippen LogP contribution in [0.5, 0.6) is 0 Å². The molecule has 1 aliphatic rings. The summed E-state index contributed by atoms with van der Waals surface area (Å²) in [6, 6.07) is 0. The molecule has 0 aliphatic heterocycles. The lowest BCUT2D eigenvalue weighted by Gasteiger charge is -2.18. The van der Waals surface area contributed by atoms with Crippen molar-refractivity contribution in [1.82, 2.24) is 0 Å². The normalized spacial score (nSPS) is 26.7. The quantitative estimate of drug-likeness (QED) is 0.361. The first-order valence-electron chi connectivity index (χ1n) is 3.41. The molecule has 1 rings (SSSR count). The van der Waals surface area contributed by atoms with Crippen LogP contribution >= 0.6 is 22.6 Å². The van der Waals surface area contributed by atoms with E-state index < -0.39 is 14.3 Å². The molecule has 13 heavy (non-hydrogen) atoms. The van der Waals surface area contributed by atoms with Gasteiger partial charge in [0, 0.05) is 6.08 Å². The van der Waals surface area contributed by atoms with Crippen LogP contribution in [0.4, 0.5) is 0 Å². The first-order valence-corrected chi connectivity index (χ1v) is 4.49. The summed E-state index contributed by atoms with van der Waals surface area (Å²) in [5.41, 5.74) is -0.0701. The van der Waals surface area contributed by atoms with E-state index in [9.17, 15) is 14.9 Å². The summed E-state index contributed by atoms with van der Waals surface area (Å²) in [6.07, 6.45) is 4.09. The second-order valence-corrected chi connectivity index (χ2v) is 4.54. The van der Waals surface area contributed by atoms with Gasteiger partial charge in [0.05, 0.1) is 11.3 Å². The van der Waals surface area contributed by atoms with Crippen molar-refractivity contribution in [2.45, 2.75) is 9.84 Å². The lowest BCUT2D eigenvalue weighted by molar-refractivity contribution is -0.428. The molecular weight excluding hydrogens is 289 g/mol. The first kappa shape index (κ1) is 10.2. The minimum atomic E-state index is -1.17. The van der Waals surface area contributed by atoms with E-state index in [2.05, 4.69) is 0 Å². The third-order valence-corrected chi connectivity index (χ3v) is 2.88. The maximum absolute atomic E-state index is 10.7. The van der Waals surface area contributed by atoms with Gasteiger partial charge in [-0.3, -0.25) is 14.9 Å². The molecule has 1 atom stereocenters. The van der Waals surface area contributed by atoms with Gasteiger partial charge < -0.3 is 5.11 Å². The van der Waals surface area contributed by atoms with Crippen molar-refractivity contribution in [3.05, 3.63) is 34.0 Å². The fourth-order valence-corrected chi connectivity index (χ4v) is 1.56. The van der Waals surface area contributed by atoms with Crippen molar-refractivity contribution in [2.75, 3.05) is 0 Å². The van der Waals surface area contributed by atoms with Crippen LogP contribution in [0.25, 0.3) is 0 Å². The van der Waals surface area contributed by atoms with E-state index in [4.69, 9.17) is 5.11 Å². The van der Waals surface area contributed by atoms with E-state index in [1.807, 2.05) is 0 Å². The smallest absolute Gasteiger partial charge is 0.324 e. The predicted octanol–water partition coefficient (Wildman–Crippen LogP) is 1.37. The zero-order chi connectivity index (χ0) is 10.1. The molecular formula is C7H6INO4. The van der Waals surface area contributed by atoms with Gasteiger partial charge in [0.1, 0.15) is 3.42 Å². The zero-order valence-corrected chi connectivity index (χ0v) is 8.59. The van der Waals surface area contributed by atoms with E-state index in [1.54, 1.807) is 22.6 Å². The van der Waals surface area contributed by atoms with Crippen molar-refractivity contribution < 1.29 is 14.8 Å². The summed E-state index contributed by atoms with van der Waals surface area (Å²) in [5, 5.41) is 19.2. The Morgan fingerprint density at radius 3 is 2.85 bits per heavy atom. The predicted molar refractivity (Wildman–Crippen MR) is 53.2 cm³/mol. The van der Waals surface area contributed by atoms with Gasteiger partial charge in [0.2, 0.25) is 5.70 Å². The second-order valence-electron chi connectivity index (χ2n) is 2.62. The number of carboxylic acids is 1. The van der Waals surface area contributed by atoms with Crippen LogP contribution < -0.4 is 0 Å². The van der Waals surface area contributed by atoms with Crippen LogP contribution in [0.1, 0.15) is 6.42 Å². The fourth-order valence-electron chi connectivity index (χ4n) is 0.965. The van der Waals surface area contributed by atoms with E-state index in [0.717, 1.165) is 0 Å². The highest BCUT2D eigenvalue weighted by Crippen LogP contribution is 2.32. The van der Waals surface area contributed by atoms with Crippen molar-refractivity contribution in [3.63, 3.8) is 0 Å². The Balaban J connectivity index is 2.92. The van der Waals surface area contributed by atoms with Crippen LogP contribution in [0, 0.1) is 10.1 Å². The summed E-state index contributed by atoms with van der Waals surface area (Å²) in [5.74, 6) is -1.06. The number of alkyl halides is 1. The van der Waals surface area contributed by atoms with Gasteiger partial charge in [0.15, 0.2) is 0 Å². The Morgan fingerprint density at radius 1 is 1.77 bits per heavy atom. The number of aliphatic carboxylic acids is 1. The Labute approximate surface area is 87.4 Å². The fraction of sp³-hybridized carbons (Fsp3) is 0.286. The minimum absolute atomic E-state index is 0.0701.